The van der Waals surface area contributed by atoms with Crippen molar-refractivity contribution in [3.05, 3.63) is 0 Å². The number of nitrogens with two attached hydrogens (primary N) is 1. The number of nitrogens with zero attached hydrogens (tertiary/aromatic N) is 1. The standard InChI is InChI=1S/C12H21N3O3S/c1-3-18-12(17)15-6-4-9(5-7-15)14-11(16)8(2)10(13)19/h8-9H,3-7H2,1-2H3,(H2,13,19)(H,14,16). The van der Waals surface area contributed by atoms with Gasteiger partial charge in [-0.05, 0) is 26.7 Å². The van der Waals surface area contributed by atoms with E-state index in [0.29, 0.717) is 32.5 Å². The summed E-state index contributed by atoms with van der Waals surface area (Å²) in [4.78, 5) is 25.1. The summed E-state index contributed by atoms with van der Waals surface area (Å²) in [6.45, 7) is 5.02. The Morgan fingerprint density at radius 2 is 2.05 bits per heavy atom. The van der Waals surface area contributed by atoms with Crippen molar-refractivity contribution in [1.82, 2.24) is 10.2 Å². The van der Waals surface area contributed by atoms with Gasteiger partial charge in [-0.2, -0.15) is 0 Å². The van der Waals surface area contributed by atoms with E-state index in [2.05, 4.69) is 5.32 Å². The molecule has 0 aromatic carbocycles. The van der Waals surface area contributed by atoms with E-state index in [4.69, 9.17) is 22.7 Å². The molecule has 1 saturated heterocycles. The summed E-state index contributed by atoms with van der Waals surface area (Å²) in [7, 11) is 0. The van der Waals surface area contributed by atoms with Gasteiger partial charge in [-0.1, -0.05) is 12.2 Å². The molecule has 2 amide bonds. The maximum atomic E-state index is 11.8. The number of hydrogen-bond acceptors (Lipinski definition) is 4. The lowest BCUT2D eigenvalue weighted by atomic mass is 10.0. The summed E-state index contributed by atoms with van der Waals surface area (Å²) in [5.74, 6) is -0.611. The maximum Gasteiger partial charge on any atom is 0.409 e. The summed E-state index contributed by atoms with van der Waals surface area (Å²) >= 11 is 4.79. The van der Waals surface area contributed by atoms with Crippen LogP contribution in [0.25, 0.3) is 0 Å². The van der Waals surface area contributed by atoms with Crippen molar-refractivity contribution in [2.45, 2.75) is 32.7 Å². The molecule has 0 aliphatic carbocycles. The molecule has 0 aromatic rings. The molecule has 1 fully saturated rings. The van der Waals surface area contributed by atoms with E-state index in [1.165, 1.54) is 0 Å². The molecule has 1 heterocycles. The first-order chi connectivity index (χ1) is 8.95. The van der Waals surface area contributed by atoms with E-state index >= 15 is 0 Å². The number of piperidine rings is 1. The first-order valence-electron chi connectivity index (χ1n) is 6.47. The molecule has 0 saturated carbocycles. The average molecular weight is 287 g/mol. The molecule has 1 unspecified atom stereocenters. The fourth-order valence-corrected chi connectivity index (χ4v) is 1.98. The van der Waals surface area contributed by atoms with E-state index < -0.39 is 5.92 Å². The molecule has 0 radical (unpaired) electrons. The minimum atomic E-state index is -0.460. The lowest BCUT2D eigenvalue weighted by Crippen LogP contribution is -2.48. The number of thiocarbonyl (C=S) groups is 1. The van der Waals surface area contributed by atoms with Crippen LogP contribution in [0, 0.1) is 5.92 Å². The van der Waals surface area contributed by atoms with Crippen LogP contribution in [0.15, 0.2) is 0 Å². The van der Waals surface area contributed by atoms with E-state index in [9.17, 15) is 9.59 Å². The minimum Gasteiger partial charge on any atom is -0.450 e. The number of ether oxygens (including phenoxy) is 1. The van der Waals surface area contributed by atoms with Crippen LogP contribution in [0.2, 0.25) is 0 Å². The third-order valence-electron chi connectivity index (χ3n) is 3.19. The molecule has 1 aliphatic heterocycles. The Bertz CT molecular complexity index is 354. The highest BCUT2D eigenvalue weighted by Gasteiger charge is 2.26. The van der Waals surface area contributed by atoms with Gasteiger partial charge in [-0.3, -0.25) is 4.79 Å². The van der Waals surface area contributed by atoms with Gasteiger partial charge >= 0.3 is 6.09 Å². The Hall–Kier alpha value is -1.37. The second-order valence-electron chi connectivity index (χ2n) is 4.59. The predicted molar refractivity (Wildman–Crippen MR) is 75.7 cm³/mol. The number of likely N-dealkylation sites (tertiary alicyclic amines) is 1. The zero-order chi connectivity index (χ0) is 14.4. The molecule has 108 valence electrons. The Balaban J connectivity index is 2.36. The normalized spacial score (nSPS) is 17.7. The van der Waals surface area contributed by atoms with Crippen LogP contribution in [0.3, 0.4) is 0 Å². The van der Waals surface area contributed by atoms with Crippen LogP contribution < -0.4 is 11.1 Å². The van der Waals surface area contributed by atoms with Gasteiger partial charge in [-0.25, -0.2) is 4.79 Å². The van der Waals surface area contributed by atoms with Gasteiger partial charge in [0.25, 0.3) is 0 Å². The lowest BCUT2D eigenvalue weighted by Gasteiger charge is -2.32. The van der Waals surface area contributed by atoms with Gasteiger partial charge in [0.1, 0.15) is 0 Å². The predicted octanol–water partition coefficient (Wildman–Crippen LogP) is 0.646. The van der Waals surface area contributed by atoms with Gasteiger partial charge in [0, 0.05) is 19.1 Å². The fraction of sp³-hybridized carbons (Fsp3) is 0.750. The van der Waals surface area contributed by atoms with Crippen LogP contribution in [0.5, 0.6) is 0 Å². The highest BCUT2D eigenvalue weighted by Crippen LogP contribution is 2.12. The molecule has 1 atom stereocenters. The Labute approximate surface area is 118 Å². The molecule has 19 heavy (non-hydrogen) atoms. The molecule has 1 aliphatic rings. The van der Waals surface area contributed by atoms with Crippen molar-refractivity contribution >= 4 is 29.2 Å². The van der Waals surface area contributed by atoms with Crippen LogP contribution in [-0.4, -0.2) is 47.6 Å². The Morgan fingerprint density at radius 3 is 2.53 bits per heavy atom. The number of amides is 2. The van der Waals surface area contributed by atoms with E-state index in [1.54, 1.807) is 18.7 Å². The van der Waals surface area contributed by atoms with Gasteiger partial charge in [0.05, 0.1) is 17.5 Å². The molecule has 7 heteroatoms. The summed E-state index contributed by atoms with van der Waals surface area (Å²) in [6.07, 6.45) is 1.15. The summed E-state index contributed by atoms with van der Waals surface area (Å²) < 4.78 is 4.93. The Kier molecular flexibility index (Phi) is 6.01. The van der Waals surface area contributed by atoms with Gasteiger partial charge in [0.15, 0.2) is 0 Å². The van der Waals surface area contributed by atoms with Crippen molar-refractivity contribution in [2.24, 2.45) is 11.7 Å². The van der Waals surface area contributed by atoms with Crippen molar-refractivity contribution < 1.29 is 14.3 Å². The minimum absolute atomic E-state index is 0.0648. The zero-order valence-electron chi connectivity index (χ0n) is 11.3. The number of hydrogen-bond donors (Lipinski definition) is 2. The van der Waals surface area contributed by atoms with Crippen LogP contribution >= 0.6 is 12.2 Å². The van der Waals surface area contributed by atoms with Crippen LogP contribution in [0.1, 0.15) is 26.7 Å². The summed E-state index contributed by atoms with van der Waals surface area (Å²) in [5, 5.41) is 2.91. The van der Waals surface area contributed by atoms with E-state index in [1.807, 2.05) is 0 Å². The topological polar surface area (TPSA) is 84.7 Å². The third-order valence-corrected chi connectivity index (χ3v) is 3.54. The largest absolute Gasteiger partial charge is 0.450 e. The lowest BCUT2D eigenvalue weighted by molar-refractivity contribution is -0.123. The number of carbonyl (C=O) groups excluding carboxylic acids is 2. The molecule has 0 spiro atoms. The Morgan fingerprint density at radius 1 is 1.47 bits per heavy atom. The van der Waals surface area contributed by atoms with Gasteiger partial charge in [0.2, 0.25) is 5.91 Å². The number of rotatable bonds is 4. The summed E-state index contributed by atoms with van der Waals surface area (Å²) in [6, 6.07) is 0.0648. The monoisotopic (exact) mass is 287 g/mol. The van der Waals surface area contributed by atoms with Crippen molar-refractivity contribution in [1.29, 1.82) is 0 Å². The fourth-order valence-electron chi connectivity index (χ4n) is 1.88. The molecule has 0 aromatic heterocycles. The molecule has 0 bridgehead atoms. The van der Waals surface area contributed by atoms with Crippen molar-refractivity contribution in [2.75, 3.05) is 19.7 Å². The third kappa shape index (κ3) is 4.66. The quantitative estimate of drug-likeness (QED) is 0.741. The van der Waals surface area contributed by atoms with Crippen LogP contribution in [-0.2, 0) is 9.53 Å². The first kappa shape index (κ1) is 15.7. The second kappa shape index (κ2) is 7.28. The van der Waals surface area contributed by atoms with E-state index in [0.717, 1.165) is 0 Å². The average Bonchev–Trinajstić information content (AvgIpc) is 2.38. The SMILES string of the molecule is CCOC(=O)N1CCC(NC(=O)C(C)C(N)=S)CC1. The van der Waals surface area contributed by atoms with Crippen LogP contribution in [0.4, 0.5) is 4.79 Å². The molecule has 3 N–H and O–H groups in total. The number of nitrogens with one attached hydrogen (secondary N) is 1. The van der Waals surface area contributed by atoms with Crippen molar-refractivity contribution in [3.8, 4) is 0 Å². The maximum absolute atomic E-state index is 11.8. The smallest absolute Gasteiger partial charge is 0.409 e. The number of carbonyl (C=O) groups is 2. The molecular weight excluding hydrogens is 266 g/mol. The molecular formula is C12H21N3O3S. The second-order valence-corrected chi connectivity index (χ2v) is 5.06. The van der Waals surface area contributed by atoms with Gasteiger partial charge in [-0.15, -0.1) is 0 Å². The van der Waals surface area contributed by atoms with Gasteiger partial charge < -0.3 is 20.7 Å². The van der Waals surface area contributed by atoms with E-state index in [-0.39, 0.29) is 23.0 Å². The molecule has 6 nitrogen and oxygen atoms in total. The molecule has 1 rings (SSSR count). The summed E-state index contributed by atoms with van der Waals surface area (Å²) in [5.41, 5.74) is 5.44. The zero-order valence-corrected chi connectivity index (χ0v) is 12.2. The first-order valence-corrected chi connectivity index (χ1v) is 6.88. The highest BCUT2D eigenvalue weighted by molar-refractivity contribution is 7.80. The highest BCUT2D eigenvalue weighted by atomic mass is 32.1. The van der Waals surface area contributed by atoms with Crippen molar-refractivity contribution in [3.63, 3.8) is 0 Å².